The summed E-state index contributed by atoms with van der Waals surface area (Å²) in [5.41, 5.74) is 1.24. The quantitative estimate of drug-likeness (QED) is 0.773. The standard InChI is InChI=1S/C19H32N2O/c1-3-4-12-17(20-2)18-13-8-9-14-21(18)19(15-22)16-10-6-5-7-11-16/h5-7,10-11,17-20,22H,3-4,8-9,12-15H2,1-2H3/t17-,18+,19+/m1/s1. The van der Waals surface area contributed by atoms with Gasteiger partial charge in [-0.2, -0.15) is 0 Å². The second-order valence-corrected chi connectivity index (χ2v) is 6.45. The van der Waals surface area contributed by atoms with E-state index in [9.17, 15) is 5.11 Å². The highest BCUT2D eigenvalue weighted by molar-refractivity contribution is 5.19. The minimum absolute atomic E-state index is 0.129. The van der Waals surface area contributed by atoms with E-state index in [2.05, 4.69) is 48.5 Å². The fraction of sp³-hybridized carbons (Fsp3) is 0.684. The summed E-state index contributed by atoms with van der Waals surface area (Å²) in [6.45, 7) is 3.55. The van der Waals surface area contributed by atoms with Crippen LogP contribution < -0.4 is 5.32 Å². The number of aliphatic hydroxyl groups excluding tert-OH is 1. The van der Waals surface area contributed by atoms with E-state index in [0.29, 0.717) is 12.1 Å². The van der Waals surface area contributed by atoms with Gasteiger partial charge in [-0.3, -0.25) is 4.90 Å². The van der Waals surface area contributed by atoms with Crippen molar-refractivity contribution in [3.05, 3.63) is 35.9 Å². The normalized spacial score (nSPS) is 22.4. The Morgan fingerprint density at radius 3 is 2.68 bits per heavy atom. The van der Waals surface area contributed by atoms with Crippen molar-refractivity contribution in [2.24, 2.45) is 0 Å². The van der Waals surface area contributed by atoms with Crippen LogP contribution in [0.4, 0.5) is 0 Å². The first-order valence-corrected chi connectivity index (χ1v) is 8.90. The van der Waals surface area contributed by atoms with E-state index in [0.717, 1.165) is 6.54 Å². The smallest absolute Gasteiger partial charge is 0.0628 e. The molecule has 1 heterocycles. The summed E-state index contributed by atoms with van der Waals surface area (Å²) >= 11 is 0. The Balaban J connectivity index is 2.16. The lowest BCUT2D eigenvalue weighted by Gasteiger charge is -2.44. The van der Waals surface area contributed by atoms with E-state index >= 15 is 0 Å². The van der Waals surface area contributed by atoms with E-state index in [-0.39, 0.29) is 12.6 Å². The third-order valence-electron chi connectivity index (χ3n) is 5.05. The first-order valence-electron chi connectivity index (χ1n) is 8.90. The second-order valence-electron chi connectivity index (χ2n) is 6.45. The number of unbranched alkanes of at least 4 members (excludes halogenated alkanes) is 1. The molecule has 0 aromatic heterocycles. The highest BCUT2D eigenvalue weighted by Gasteiger charge is 2.33. The van der Waals surface area contributed by atoms with Crippen LogP contribution in [0.5, 0.6) is 0 Å². The molecule has 0 spiro atoms. The van der Waals surface area contributed by atoms with Gasteiger partial charge in [-0.1, -0.05) is 56.5 Å². The van der Waals surface area contributed by atoms with Gasteiger partial charge in [-0.15, -0.1) is 0 Å². The molecule has 3 nitrogen and oxygen atoms in total. The Labute approximate surface area is 135 Å². The van der Waals surface area contributed by atoms with E-state index < -0.39 is 0 Å². The lowest BCUT2D eigenvalue weighted by atomic mass is 9.89. The molecule has 1 aliphatic heterocycles. The Morgan fingerprint density at radius 2 is 2.05 bits per heavy atom. The molecule has 0 bridgehead atoms. The SMILES string of the molecule is CCCC[C@@H](NC)[C@@H]1CCCCN1[C@@H](CO)c1ccccc1. The number of hydrogen-bond acceptors (Lipinski definition) is 3. The zero-order valence-corrected chi connectivity index (χ0v) is 14.2. The summed E-state index contributed by atoms with van der Waals surface area (Å²) in [5.74, 6) is 0. The van der Waals surface area contributed by atoms with Crippen LogP contribution in [0.3, 0.4) is 0 Å². The predicted molar refractivity (Wildman–Crippen MR) is 93.0 cm³/mol. The summed E-state index contributed by atoms with van der Waals surface area (Å²) < 4.78 is 0. The Hall–Kier alpha value is -0.900. The number of piperidine rings is 1. The first kappa shape index (κ1) is 17.5. The van der Waals surface area contributed by atoms with Crippen LogP contribution in [0.2, 0.25) is 0 Å². The average molecular weight is 304 g/mol. The van der Waals surface area contributed by atoms with Gasteiger partial charge in [0.25, 0.3) is 0 Å². The van der Waals surface area contributed by atoms with Crippen molar-refractivity contribution in [2.45, 2.75) is 63.6 Å². The van der Waals surface area contributed by atoms with Crippen LogP contribution in [0.1, 0.15) is 57.1 Å². The molecular weight excluding hydrogens is 272 g/mol. The molecule has 3 atom stereocenters. The van der Waals surface area contributed by atoms with Crippen molar-refractivity contribution < 1.29 is 5.11 Å². The molecule has 0 unspecified atom stereocenters. The largest absolute Gasteiger partial charge is 0.394 e. The number of aliphatic hydroxyl groups is 1. The molecule has 0 aliphatic carbocycles. The molecule has 2 rings (SSSR count). The van der Waals surface area contributed by atoms with Crippen molar-refractivity contribution in [2.75, 3.05) is 20.2 Å². The van der Waals surface area contributed by atoms with Gasteiger partial charge in [-0.25, -0.2) is 0 Å². The van der Waals surface area contributed by atoms with Gasteiger partial charge in [0.15, 0.2) is 0 Å². The van der Waals surface area contributed by atoms with E-state index in [4.69, 9.17) is 0 Å². The summed E-state index contributed by atoms with van der Waals surface area (Å²) in [4.78, 5) is 2.55. The van der Waals surface area contributed by atoms with Crippen molar-refractivity contribution in [1.82, 2.24) is 10.2 Å². The number of likely N-dealkylation sites (N-methyl/N-ethyl adjacent to an activating group) is 1. The molecule has 2 N–H and O–H groups in total. The van der Waals surface area contributed by atoms with Gasteiger partial charge < -0.3 is 10.4 Å². The number of rotatable bonds is 8. The second kappa shape index (κ2) is 9.29. The number of hydrogen-bond donors (Lipinski definition) is 2. The minimum Gasteiger partial charge on any atom is -0.394 e. The van der Waals surface area contributed by atoms with Crippen molar-refractivity contribution in [1.29, 1.82) is 0 Å². The summed E-state index contributed by atoms with van der Waals surface area (Å²) in [6, 6.07) is 11.7. The van der Waals surface area contributed by atoms with Gasteiger partial charge in [0.05, 0.1) is 12.6 Å². The topological polar surface area (TPSA) is 35.5 Å². The molecule has 124 valence electrons. The molecule has 0 saturated carbocycles. The molecule has 1 aromatic rings. The maximum absolute atomic E-state index is 10.0. The van der Waals surface area contributed by atoms with Crippen LogP contribution in [0.25, 0.3) is 0 Å². The monoisotopic (exact) mass is 304 g/mol. The van der Waals surface area contributed by atoms with Crippen LogP contribution >= 0.6 is 0 Å². The van der Waals surface area contributed by atoms with Gasteiger partial charge in [-0.05, 0) is 38.4 Å². The molecule has 0 amide bonds. The highest BCUT2D eigenvalue weighted by atomic mass is 16.3. The van der Waals surface area contributed by atoms with Gasteiger partial charge in [0, 0.05) is 12.1 Å². The molecule has 3 heteroatoms. The molecule has 1 aliphatic rings. The first-order chi connectivity index (χ1) is 10.8. The number of nitrogens with zero attached hydrogens (tertiary/aromatic N) is 1. The number of likely N-dealkylation sites (tertiary alicyclic amines) is 1. The third kappa shape index (κ3) is 4.31. The highest BCUT2D eigenvalue weighted by Crippen LogP contribution is 2.31. The zero-order chi connectivity index (χ0) is 15.8. The third-order valence-corrected chi connectivity index (χ3v) is 5.05. The molecular formula is C19H32N2O. The van der Waals surface area contributed by atoms with Crippen LogP contribution in [-0.2, 0) is 0 Å². The maximum atomic E-state index is 10.0. The van der Waals surface area contributed by atoms with Gasteiger partial charge in [0.2, 0.25) is 0 Å². The van der Waals surface area contributed by atoms with E-state index in [1.165, 1.54) is 44.1 Å². The fourth-order valence-electron chi connectivity index (χ4n) is 3.83. The molecule has 0 radical (unpaired) electrons. The van der Waals surface area contributed by atoms with E-state index in [1.807, 2.05) is 6.07 Å². The Bertz CT molecular complexity index is 409. The zero-order valence-electron chi connectivity index (χ0n) is 14.2. The lowest BCUT2D eigenvalue weighted by molar-refractivity contribution is 0.0372. The molecule has 22 heavy (non-hydrogen) atoms. The number of nitrogens with one attached hydrogen (secondary N) is 1. The lowest BCUT2D eigenvalue weighted by Crippen LogP contribution is -2.53. The van der Waals surface area contributed by atoms with Crippen LogP contribution in [0.15, 0.2) is 30.3 Å². The number of benzene rings is 1. The maximum Gasteiger partial charge on any atom is 0.0628 e. The Kier molecular flexibility index (Phi) is 7.37. The van der Waals surface area contributed by atoms with Gasteiger partial charge in [0.1, 0.15) is 0 Å². The minimum atomic E-state index is 0.129. The molecule has 1 saturated heterocycles. The summed E-state index contributed by atoms with van der Waals surface area (Å²) in [5, 5.41) is 13.6. The van der Waals surface area contributed by atoms with Gasteiger partial charge >= 0.3 is 0 Å². The van der Waals surface area contributed by atoms with Crippen molar-refractivity contribution in [3.8, 4) is 0 Å². The van der Waals surface area contributed by atoms with E-state index in [1.54, 1.807) is 0 Å². The molecule has 1 fully saturated rings. The summed E-state index contributed by atoms with van der Waals surface area (Å²) in [6.07, 6.45) is 7.51. The van der Waals surface area contributed by atoms with Crippen LogP contribution in [-0.4, -0.2) is 42.3 Å². The Morgan fingerprint density at radius 1 is 1.27 bits per heavy atom. The molecule has 1 aromatic carbocycles. The summed E-state index contributed by atoms with van der Waals surface area (Å²) in [7, 11) is 2.09. The predicted octanol–water partition coefficient (Wildman–Crippen LogP) is 3.35. The fourth-order valence-corrected chi connectivity index (χ4v) is 3.83. The van der Waals surface area contributed by atoms with Crippen molar-refractivity contribution in [3.63, 3.8) is 0 Å². The van der Waals surface area contributed by atoms with Crippen LogP contribution in [0, 0.1) is 0 Å². The van der Waals surface area contributed by atoms with Crippen molar-refractivity contribution >= 4 is 0 Å². The average Bonchev–Trinajstić information content (AvgIpc) is 2.58.